The molecule has 1 aliphatic rings. The minimum atomic E-state index is -0.273. The number of hydrogen-bond acceptors (Lipinski definition) is 3. The van der Waals surface area contributed by atoms with Crippen LogP contribution in [-0.2, 0) is 16.1 Å². The molecule has 0 radical (unpaired) electrons. The molecule has 1 saturated heterocycles. The first-order valence-electron chi connectivity index (χ1n) is 10.4. The molecule has 0 saturated carbocycles. The number of nitrogens with zero attached hydrogens (tertiary/aromatic N) is 3. The summed E-state index contributed by atoms with van der Waals surface area (Å²) in [6.07, 6.45) is 4.64. The van der Waals surface area contributed by atoms with Gasteiger partial charge in [-0.15, -0.1) is 0 Å². The Balaban J connectivity index is 1.73. The molecule has 2 aromatic rings. The number of hydrogen-bond donors (Lipinski definition) is 1. The van der Waals surface area contributed by atoms with Crippen molar-refractivity contribution in [2.75, 3.05) is 13.1 Å². The summed E-state index contributed by atoms with van der Waals surface area (Å²) < 4.78 is 1.77. The van der Waals surface area contributed by atoms with E-state index in [1.54, 1.807) is 10.8 Å². The first-order valence-corrected chi connectivity index (χ1v) is 10.8. The maximum atomic E-state index is 12.7. The average molecular weight is 429 g/mol. The van der Waals surface area contributed by atoms with Crippen molar-refractivity contribution in [1.29, 1.82) is 0 Å². The van der Waals surface area contributed by atoms with Gasteiger partial charge in [0.05, 0.1) is 11.7 Å². The highest BCUT2D eigenvalue weighted by molar-refractivity contribution is 6.31. The molecule has 0 aliphatic carbocycles. The number of halogens is 1. The van der Waals surface area contributed by atoms with Crippen LogP contribution in [0.3, 0.4) is 0 Å². The molecule has 30 heavy (non-hydrogen) atoms. The van der Waals surface area contributed by atoms with Crippen LogP contribution in [0.1, 0.15) is 49.6 Å². The number of benzene rings is 1. The molecule has 0 bridgehead atoms. The molecule has 1 aromatic heterocycles. The summed E-state index contributed by atoms with van der Waals surface area (Å²) in [6.45, 7) is 8.01. The number of carbonyl (C=O) groups is 2. The number of nitrogens with one attached hydrogen (secondary N) is 1. The van der Waals surface area contributed by atoms with Crippen molar-refractivity contribution in [3.8, 4) is 0 Å². The zero-order valence-electron chi connectivity index (χ0n) is 17.8. The summed E-state index contributed by atoms with van der Waals surface area (Å²) in [5.41, 5.74) is 2.50. The molecule has 0 spiro atoms. The Morgan fingerprint density at radius 1 is 1.27 bits per heavy atom. The number of carbonyl (C=O) groups excluding carboxylic acids is 2. The Bertz CT molecular complexity index is 921. The molecule has 1 aliphatic heterocycles. The van der Waals surface area contributed by atoms with E-state index < -0.39 is 0 Å². The summed E-state index contributed by atoms with van der Waals surface area (Å²) in [5.74, 6) is 0.324. The third-order valence-corrected chi connectivity index (χ3v) is 5.54. The van der Waals surface area contributed by atoms with Crippen LogP contribution in [0.25, 0.3) is 6.08 Å². The van der Waals surface area contributed by atoms with E-state index in [1.807, 2.05) is 42.2 Å². The Kier molecular flexibility index (Phi) is 7.32. The van der Waals surface area contributed by atoms with Crippen molar-refractivity contribution in [2.45, 2.75) is 46.2 Å². The molecule has 1 N–H and O–H groups in total. The van der Waals surface area contributed by atoms with E-state index in [0.29, 0.717) is 24.0 Å². The van der Waals surface area contributed by atoms with Gasteiger partial charge in [-0.2, -0.15) is 5.10 Å². The third-order valence-electron chi connectivity index (χ3n) is 5.14. The summed E-state index contributed by atoms with van der Waals surface area (Å²) in [5, 5.41) is 8.04. The van der Waals surface area contributed by atoms with Gasteiger partial charge in [0.1, 0.15) is 5.15 Å². The lowest BCUT2D eigenvalue weighted by Gasteiger charge is -2.24. The van der Waals surface area contributed by atoms with Crippen molar-refractivity contribution < 1.29 is 9.59 Å². The smallest absolute Gasteiger partial charge is 0.244 e. The molecule has 1 unspecified atom stereocenters. The van der Waals surface area contributed by atoms with Gasteiger partial charge in [0.2, 0.25) is 11.8 Å². The summed E-state index contributed by atoms with van der Waals surface area (Å²) in [4.78, 5) is 26.6. The van der Waals surface area contributed by atoms with Crippen molar-refractivity contribution in [3.63, 3.8) is 0 Å². The molecule has 2 heterocycles. The highest BCUT2D eigenvalue weighted by atomic mass is 35.5. The highest BCUT2D eigenvalue weighted by Crippen LogP contribution is 2.23. The normalized spacial score (nSPS) is 15.4. The van der Waals surface area contributed by atoms with E-state index in [1.165, 1.54) is 6.08 Å². The van der Waals surface area contributed by atoms with Crippen molar-refractivity contribution in [3.05, 3.63) is 58.4 Å². The molecule has 3 rings (SSSR count). The van der Waals surface area contributed by atoms with Crippen LogP contribution in [0.15, 0.2) is 36.4 Å². The largest absolute Gasteiger partial charge is 0.344 e. The second-order valence-corrected chi connectivity index (χ2v) is 8.47. The molecular formula is C23H29ClN4O2. The molecular weight excluding hydrogens is 400 g/mol. The first-order chi connectivity index (χ1) is 14.3. The fourth-order valence-electron chi connectivity index (χ4n) is 3.64. The molecule has 7 heteroatoms. The fourth-order valence-corrected chi connectivity index (χ4v) is 3.95. The zero-order chi connectivity index (χ0) is 21.7. The molecule has 1 fully saturated rings. The van der Waals surface area contributed by atoms with Crippen molar-refractivity contribution in [2.24, 2.45) is 5.92 Å². The van der Waals surface area contributed by atoms with Gasteiger partial charge in [0.25, 0.3) is 0 Å². The Labute approximate surface area is 182 Å². The van der Waals surface area contributed by atoms with E-state index in [0.717, 1.165) is 36.3 Å². The van der Waals surface area contributed by atoms with Crippen LogP contribution in [0.4, 0.5) is 0 Å². The van der Waals surface area contributed by atoms with E-state index in [9.17, 15) is 9.59 Å². The minimum absolute atomic E-state index is 0.140. The molecule has 160 valence electrons. The van der Waals surface area contributed by atoms with Gasteiger partial charge in [-0.25, -0.2) is 0 Å². The maximum absolute atomic E-state index is 12.7. The molecule has 1 aromatic carbocycles. The van der Waals surface area contributed by atoms with Crippen LogP contribution in [0, 0.1) is 12.8 Å². The predicted octanol–water partition coefficient (Wildman–Crippen LogP) is 3.99. The van der Waals surface area contributed by atoms with Gasteiger partial charge < -0.3 is 10.2 Å². The van der Waals surface area contributed by atoms with E-state index >= 15 is 0 Å². The fraction of sp³-hybridized carbons (Fsp3) is 0.435. The summed E-state index contributed by atoms with van der Waals surface area (Å²) in [7, 11) is 0. The number of rotatable bonds is 8. The van der Waals surface area contributed by atoms with Crippen molar-refractivity contribution in [1.82, 2.24) is 20.0 Å². The second kappa shape index (κ2) is 9.94. The van der Waals surface area contributed by atoms with E-state index in [-0.39, 0.29) is 17.9 Å². The number of amides is 2. The van der Waals surface area contributed by atoms with E-state index in [4.69, 9.17) is 11.6 Å². The van der Waals surface area contributed by atoms with Crippen LogP contribution in [-0.4, -0.2) is 39.6 Å². The molecule has 1 atom stereocenters. The lowest BCUT2D eigenvalue weighted by molar-refractivity contribution is -0.128. The highest BCUT2D eigenvalue weighted by Gasteiger charge is 2.25. The third kappa shape index (κ3) is 5.51. The quantitative estimate of drug-likeness (QED) is 0.646. The number of aromatic nitrogens is 2. The van der Waals surface area contributed by atoms with Gasteiger partial charge in [0, 0.05) is 37.7 Å². The van der Waals surface area contributed by atoms with Crippen LogP contribution >= 0.6 is 11.6 Å². The SMILES string of the molecule is Cc1nn(CC(C)C)c(Cl)c1/C=C/C(=O)NC(CN1CCCC1=O)c1ccccc1. The van der Waals surface area contributed by atoms with Crippen LogP contribution in [0.2, 0.25) is 5.15 Å². The maximum Gasteiger partial charge on any atom is 0.244 e. The van der Waals surface area contributed by atoms with Crippen LogP contribution < -0.4 is 5.32 Å². The summed E-state index contributed by atoms with van der Waals surface area (Å²) in [6, 6.07) is 9.46. The lowest BCUT2D eigenvalue weighted by Crippen LogP contribution is -2.38. The predicted molar refractivity (Wildman–Crippen MR) is 119 cm³/mol. The standard InChI is InChI=1S/C23H29ClN4O2/c1-16(2)14-28-23(24)19(17(3)26-28)11-12-21(29)25-20(18-8-5-4-6-9-18)15-27-13-7-10-22(27)30/h4-6,8-9,11-12,16,20H,7,10,13-15H2,1-3H3,(H,25,29)/b12-11+. The van der Waals surface area contributed by atoms with E-state index in [2.05, 4.69) is 24.3 Å². The van der Waals surface area contributed by atoms with Crippen molar-refractivity contribution >= 4 is 29.5 Å². The lowest BCUT2D eigenvalue weighted by atomic mass is 10.1. The first kappa shape index (κ1) is 22.1. The Morgan fingerprint density at radius 2 is 2.00 bits per heavy atom. The monoisotopic (exact) mass is 428 g/mol. The Hall–Kier alpha value is -2.60. The average Bonchev–Trinajstić information content (AvgIpc) is 3.22. The number of likely N-dealkylation sites (tertiary alicyclic amines) is 1. The zero-order valence-corrected chi connectivity index (χ0v) is 18.5. The van der Waals surface area contributed by atoms with Gasteiger partial charge >= 0.3 is 0 Å². The van der Waals surface area contributed by atoms with Gasteiger partial charge in [-0.05, 0) is 30.9 Å². The van der Waals surface area contributed by atoms with Gasteiger partial charge in [-0.1, -0.05) is 55.8 Å². The van der Waals surface area contributed by atoms with Gasteiger partial charge in [-0.3, -0.25) is 14.3 Å². The topological polar surface area (TPSA) is 67.2 Å². The summed E-state index contributed by atoms with van der Waals surface area (Å²) >= 11 is 6.46. The number of aryl methyl sites for hydroxylation is 1. The second-order valence-electron chi connectivity index (χ2n) is 8.11. The Morgan fingerprint density at radius 3 is 2.63 bits per heavy atom. The minimum Gasteiger partial charge on any atom is -0.344 e. The molecule has 6 nitrogen and oxygen atoms in total. The van der Waals surface area contributed by atoms with Crippen LogP contribution in [0.5, 0.6) is 0 Å². The molecule has 2 amide bonds. The van der Waals surface area contributed by atoms with Gasteiger partial charge in [0.15, 0.2) is 0 Å².